The molecular formula is C11H13BrClN. The fourth-order valence-corrected chi connectivity index (χ4v) is 1.90. The van der Waals surface area contributed by atoms with E-state index in [9.17, 15) is 0 Å². The van der Waals surface area contributed by atoms with E-state index < -0.39 is 0 Å². The Labute approximate surface area is 98.3 Å². The Morgan fingerprint density at radius 3 is 2.79 bits per heavy atom. The summed E-state index contributed by atoms with van der Waals surface area (Å²) < 4.78 is 1.10. The molecule has 0 spiro atoms. The highest BCUT2D eigenvalue weighted by molar-refractivity contribution is 9.10. The van der Waals surface area contributed by atoms with Crippen LogP contribution in [0.1, 0.15) is 5.56 Å². The van der Waals surface area contributed by atoms with Crippen LogP contribution < -0.4 is 5.32 Å². The van der Waals surface area contributed by atoms with Crippen LogP contribution in [0.3, 0.4) is 0 Å². The smallest absolute Gasteiger partial charge is 0.0404 e. The summed E-state index contributed by atoms with van der Waals surface area (Å²) in [6.07, 6.45) is 3.95. The molecule has 1 N–H and O–H groups in total. The predicted molar refractivity (Wildman–Crippen MR) is 67.2 cm³/mol. The number of anilines is 1. The van der Waals surface area contributed by atoms with E-state index in [-0.39, 0.29) is 0 Å². The molecular weight excluding hydrogens is 261 g/mol. The van der Waals surface area contributed by atoms with Gasteiger partial charge >= 0.3 is 0 Å². The second-order valence-electron chi connectivity index (χ2n) is 3.02. The maximum atomic E-state index is 5.51. The van der Waals surface area contributed by atoms with Crippen molar-refractivity contribution in [3.8, 4) is 0 Å². The van der Waals surface area contributed by atoms with Gasteiger partial charge in [-0.2, -0.15) is 0 Å². The third-order valence-corrected chi connectivity index (χ3v) is 2.36. The van der Waals surface area contributed by atoms with Gasteiger partial charge in [0.2, 0.25) is 0 Å². The molecule has 0 aliphatic heterocycles. The summed E-state index contributed by atoms with van der Waals surface area (Å²) in [5.41, 5.74) is 2.36. The maximum Gasteiger partial charge on any atom is 0.0404 e. The Bertz CT molecular complexity index is 303. The average molecular weight is 275 g/mol. The van der Waals surface area contributed by atoms with Crippen molar-refractivity contribution < 1.29 is 0 Å². The third kappa shape index (κ3) is 4.16. The van der Waals surface area contributed by atoms with Crippen molar-refractivity contribution in [1.82, 2.24) is 0 Å². The fraction of sp³-hybridized carbons (Fsp3) is 0.273. The van der Waals surface area contributed by atoms with Gasteiger partial charge in [-0.25, -0.2) is 0 Å². The van der Waals surface area contributed by atoms with Crippen molar-refractivity contribution in [2.45, 2.75) is 6.92 Å². The second kappa shape index (κ2) is 6.10. The number of nitrogens with one attached hydrogen (secondary N) is 1. The standard InChI is InChI=1S/C11H13BrClN/c1-9-6-10(12)8-11(7-9)14-5-3-2-4-13/h2-3,6-8,14H,4-5H2,1H3/b3-2+. The highest BCUT2D eigenvalue weighted by Gasteiger charge is 1.94. The lowest BCUT2D eigenvalue weighted by atomic mass is 10.2. The molecule has 3 heteroatoms. The zero-order valence-electron chi connectivity index (χ0n) is 8.06. The highest BCUT2D eigenvalue weighted by Crippen LogP contribution is 2.18. The molecule has 1 nitrogen and oxygen atoms in total. The van der Waals surface area contributed by atoms with Crippen molar-refractivity contribution in [1.29, 1.82) is 0 Å². The number of allylic oxidation sites excluding steroid dienone is 1. The first-order valence-corrected chi connectivity index (χ1v) is 5.77. The minimum absolute atomic E-state index is 0.569. The first-order valence-electron chi connectivity index (χ1n) is 4.44. The van der Waals surface area contributed by atoms with E-state index in [1.54, 1.807) is 0 Å². The zero-order valence-corrected chi connectivity index (χ0v) is 10.4. The van der Waals surface area contributed by atoms with E-state index in [4.69, 9.17) is 11.6 Å². The van der Waals surface area contributed by atoms with Crippen LogP contribution in [-0.4, -0.2) is 12.4 Å². The van der Waals surface area contributed by atoms with Gasteiger partial charge in [0.05, 0.1) is 0 Å². The Hall–Kier alpha value is -0.470. The summed E-state index contributed by atoms with van der Waals surface area (Å²) in [7, 11) is 0. The number of aryl methyl sites for hydroxylation is 1. The number of rotatable bonds is 4. The van der Waals surface area contributed by atoms with E-state index in [0.29, 0.717) is 5.88 Å². The van der Waals surface area contributed by atoms with Crippen LogP contribution in [0.5, 0.6) is 0 Å². The Kier molecular flexibility index (Phi) is 5.05. The number of alkyl halides is 1. The quantitative estimate of drug-likeness (QED) is 0.647. The maximum absolute atomic E-state index is 5.51. The van der Waals surface area contributed by atoms with Crippen molar-refractivity contribution in [3.05, 3.63) is 40.4 Å². The summed E-state index contributed by atoms with van der Waals surface area (Å²) in [5, 5.41) is 3.29. The van der Waals surface area contributed by atoms with Crippen LogP contribution in [-0.2, 0) is 0 Å². The molecule has 0 saturated carbocycles. The van der Waals surface area contributed by atoms with Crippen molar-refractivity contribution >= 4 is 33.2 Å². The summed E-state index contributed by atoms with van der Waals surface area (Å²) >= 11 is 8.97. The van der Waals surface area contributed by atoms with Gasteiger partial charge in [0, 0.05) is 22.6 Å². The van der Waals surface area contributed by atoms with Gasteiger partial charge in [-0.05, 0) is 30.7 Å². The first kappa shape index (κ1) is 11.6. The van der Waals surface area contributed by atoms with Gasteiger partial charge < -0.3 is 5.32 Å². The van der Waals surface area contributed by atoms with Crippen LogP contribution in [0.25, 0.3) is 0 Å². The van der Waals surface area contributed by atoms with Gasteiger partial charge in [-0.1, -0.05) is 28.1 Å². The van der Waals surface area contributed by atoms with Crippen LogP contribution in [0.2, 0.25) is 0 Å². The number of halogens is 2. The molecule has 0 aromatic heterocycles. The summed E-state index contributed by atoms with van der Waals surface area (Å²) in [6.45, 7) is 2.88. The van der Waals surface area contributed by atoms with E-state index >= 15 is 0 Å². The minimum atomic E-state index is 0.569. The summed E-state index contributed by atoms with van der Waals surface area (Å²) in [5.74, 6) is 0.569. The molecule has 0 aliphatic rings. The van der Waals surface area contributed by atoms with Crippen molar-refractivity contribution in [3.63, 3.8) is 0 Å². The lowest BCUT2D eigenvalue weighted by Gasteiger charge is -2.05. The van der Waals surface area contributed by atoms with E-state index in [2.05, 4.69) is 46.4 Å². The Balaban J connectivity index is 2.54. The van der Waals surface area contributed by atoms with Gasteiger partial charge in [0.15, 0.2) is 0 Å². The average Bonchev–Trinajstić information content (AvgIpc) is 2.11. The number of benzene rings is 1. The Morgan fingerprint density at radius 2 is 2.14 bits per heavy atom. The third-order valence-electron chi connectivity index (χ3n) is 1.72. The van der Waals surface area contributed by atoms with Crippen LogP contribution in [0.4, 0.5) is 5.69 Å². The number of hydrogen-bond donors (Lipinski definition) is 1. The highest BCUT2D eigenvalue weighted by atomic mass is 79.9. The molecule has 0 saturated heterocycles. The molecule has 0 aliphatic carbocycles. The Morgan fingerprint density at radius 1 is 1.36 bits per heavy atom. The van der Waals surface area contributed by atoms with Gasteiger partial charge in [0.25, 0.3) is 0 Å². The molecule has 1 aromatic carbocycles. The van der Waals surface area contributed by atoms with Gasteiger partial charge in [0.1, 0.15) is 0 Å². The lowest BCUT2D eigenvalue weighted by molar-refractivity contribution is 1.31. The predicted octanol–water partition coefficient (Wildman–Crippen LogP) is 3.96. The topological polar surface area (TPSA) is 12.0 Å². The SMILES string of the molecule is Cc1cc(Br)cc(NC/C=C/CCl)c1. The first-order chi connectivity index (χ1) is 6.72. The summed E-state index contributed by atoms with van der Waals surface area (Å²) in [4.78, 5) is 0. The van der Waals surface area contributed by atoms with Gasteiger partial charge in [-0.15, -0.1) is 11.6 Å². The fourth-order valence-electron chi connectivity index (χ4n) is 1.16. The molecule has 14 heavy (non-hydrogen) atoms. The second-order valence-corrected chi connectivity index (χ2v) is 4.25. The molecule has 0 fully saturated rings. The molecule has 0 atom stereocenters. The van der Waals surface area contributed by atoms with E-state index in [1.807, 2.05) is 12.2 Å². The molecule has 0 radical (unpaired) electrons. The lowest BCUT2D eigenvalue weighted by Crippen LogP contribution is -1.98. The minimum Gasteiger partial charge on any atom is -0.382 e. The van der Waals surface area contributed by atoms with Crippen LogP contribution in [0.15, 0.2) is 34.8 Å². The monoisotopic (exact) mass is 273 g/mol. The van der Waals surface area contributed by atoms with E-state index in [1.165, 1.54) is 5.56 Å². The molecule has 0 bridgehead atoms. The zero-order chi connectivity index (χ0) is 10.4. The molecule has 1 rings (SSSR count). The molecule has 0 unspecified atom stereocenters. The van der Waals surface area contributed by atoms with Crippen LogP contribution in [0, 0.1) is 6.92 Å². The molecule has 0 amide bonds. The normalized spacial score (nSPS) is 10.8. The molecule has 76 valence electrons. The number of hydrogen-bond acceptors (Lipinski definition) is 1. The largest absolute Gasteiger partial charge is 0.382 e. The molecule has 0 heterocycles. The molecule has 1 aromatic rings. The van der Waals surface area contributed by atoms with Crippen LogP contribution >= 0.6 is 27.5 Å². The summed E-state index contributed by atoms with van der Waals surface area (Å²) in [6, 6.07) is 6.25. The van der Waals surface area contributed by atoms with E-state index in [0.717, 1.165) is 16.7 Å². The van der Waals surface area contributed by atoms with Crippen molar-refractivity contribution in [2.24, 2.45) is 0 Å². The van der Waals surface area contributed by atoms with Gasteiger partial charge in [-0.3, -0.25) is 0 Å². The van der Waals surface area contributed by atoms with Crippen molar-refractivity contribution in [2.75, 3.05) is 17.7 Å².